The van der Waals surface area contributed by atoms with Crippen LogP contribution in [-0.4, -0.2) is 58.1 Å². The van der Waals surface area contributed by atoms with E-state index in [-0.39, 0.29) is 4.90 Å². The van der Waals surface area contributed by atoms with Crippen LogP contribution < -0.4 is 14.4 Å². The van der Waals surface area contributed by atoms with Crippen LogP contribution in [0.5, 0.6) is 11.5 Å². The fourth-order valence-corrected chi connectivity index (χ4v) is 4.58. The summed E-state index contributed by atoms with van der Waals surface area (Å²) in [5, 5.41) is 0. The molecule has 7 nitrogen and oxygen atoms in total. The molecule has 140 valence electrons. The number of hydrogen-bond donors (Lipinski definition) is 0. The van der Waals surface area contributed by atoms with Crippen LogP contribution in [0.1, 0.15) is 5.69 Å². The molecule has 0 spiro atoms. The summed E-state index contributed by atoms with van der Waals surface area (Å²) in [6.45, 7) is 3.89. The molecule has 1 fully saturated rings. The van der Waals surface area contributed by atoms with Gasteiger partial charge in [-0.3, -0.25) is 0 Å². The van der Waals surface area contributed by atoms with Crippen LogP contribution in [0.4, 0.5) is 5.82 Å². The molecule has 1 aliphatic heterocycles. The molecule has 0 atom stereocenters. The normalized spacial score (nSPS) is 15.7. The van der Waals surface area contributed by atoms with Crippen LogP contribution in [0.15, 0.2) is 41.3 Å². The lowest BCUT2D eigenvalue weighted by Crippen LogP contribution is -2.49. The predicted octanol–water partition coefficient (Wildman–Crippen LogP) is 1.92. The lowest BCUT2D eigenvalue weighted by molar-refractivity contribution is 0.370. The molecule has 0 radical (unpaired) electrons. The van der Waals surface area contributed by atoms with Crippen molar-refractivity contribution in [2.45, 2.75) is 11.8 Å². The molecule has 2 aromatic rings. The van der Waals surface area contributed by atoms with E-state index >= 15 is 0 Å². The number of piperazine rings is 1. The van der Waals surface area contributed by atoms with E-state index in [0.717, 1.165) is 11.5 Å². The Labute approximate surface area is 154 Å². The molecule has 1 aromatic heterocycles. The molecule has 2 heterocycles. The summed E-state index contributed by atoms with van der Waals surface area (Å²) < 4.78 is 38.1. The van der Waals surface area contributed by atoms with E-state index < -0.39 is 10.0 Å². The zero-order valence-corrected chi connectivity index (χ0v) is 16.0. The summed E-state index contributed by atoms with van der Waals surface area (Å²) in [5.41, 5.74) is 0.943. The number of hydrogen-bond acceptors (Lipinski definition) is 6. The Morgan fingerprint density at radius 3 is 2.35 bits per heavy atom. The monoisotopic (exact) mass is 377 g/mol. The number of rotatable bonds is 5. The second kappa shape index (κ2) is 7.51. The molecule has 0 saturated carbocycles. The number of pyridine rings is 1. The molecule has 0 unspecified atom stereocenters. The SMILES string of the molecule is COc1ccc(OC)c(S(=O)(=O)N2CCN(c3cccc(C)n3)CC2)c1. The van der Waals surface area contributed by atoms with Crippen LogP contribution in [-0.2, 0) is 10.0 Å². The molecule has 0 bridgehead atoms. The van der Waals surface area contributed by atoms with Gasteiger partial charge in [-0.2, -0.15) is 4.31 Å². The Hall–Kier alpha value is -2.32. The zero-order valence-electron chi connectivity index (χ0n) is 15.2. The Morgan fingerprint density at radius 1 is 1.00 bits per heavy atom. The number of benzene rings is 1. The maximum atomic E-state index is 13.1. The largest absolute Gasteiger partial charge is 0.497 e. The van der Waals surface area contributed by atoms with E-state index in [4.69, 9.17) is 9.47 Å². The molecule has 1 aliphatic rings. The summed E-state index contributed by atoms with van der Waals surface area (Å²) >= 11 is 0. The Morgan fingerprint density at radius 2 is 1.73 bits per heavy atom. The van der Waals surface area contributed by atoms with E-state index in [1.807, 2.05) is 25.1 Å². The standard InChI is InChI=1S/C18H23N3O4S/c1-14-5-4-6-18(19-14)20-9-11-21(12-10-20)26(22,23)17-13-15(24-2)7-8-16(17)25-3/h4-8,13H,9-12H2,1-3H3. The smallest absolute Gasteiger partial charge is 0.247 e. The Balaban J connectivity index is 1.80. The molecule has 3 rings (SSSR count). The highest BCUT2D eigenvalue weighted by atomic mass is 32.2. The van der Waals surface area contributed by atoms with Crippen molar-refractivity contribution in [2.75, 3.05) is 45.3 Å². The van der Waals surface area contributed by atoms with Gasteiger partial charge in [0, 0.05) is 37.9 Å². The van der Waals surface area contributed by atoms with Gasteiger partial charge < -0.3 is 14.4 Å². The topological polar surface area (TPSA) is 72.0 Å². The summed E-state index contributed by atoms with van der Waals surface area (Å²) in [4.78, 5) is 6.74. The minimum absolute atomic E-state index is 0.126. The van der Waals surface area contributed by atoms with E-state index in [1.165, 1.54) is 24.6 Å². The van der Waals surface area contributed by atoms with Crippen molar-refractivity contribution >= 4 is 15.8 Å². The average molecular weight is 377 g/mol. The number of anilines is 1. The van der Waals surface area contributed by atoms with Crippen molar-refractivity contribution in [1.82, 2.24) is 9.29 Å². The Bertz CT molecular complexity index is 878. The number of methoxy groups -OCH3 is 2. The van der Waals surface area contributed by atoms with Gasteiger partial charge in [0.2, 0.25) is 10.0 Å². The molecule has 0 amide bonds. The van der Waals surface area contributed by atoms with Crippen LogP contribution in [0.3, 0.4) is 0 Å². The average Bonchev–Trinajstić information content (AvgIpc) is 2.67. The van der Waals surface area contributed by atoms with Gasteiger partial charge in [-0.05, 0) is 31.2 Å². The van der Waals surface area contributed by atoms with Gasteiger partial charge in [0.15, 0.2) is 0 Å². The van der Waals surface area contributed by atoms with Crippen LogP contribution in [0, 0.1) is 6.92 Å². The minimum Gasteiger partial charge on any atom is -0.497 e. The van der Waals surface area contributed by atoms with Crippen LogP contribution in [0.25, 0.3) is 0 Å². The Kier molecular flexibility index (Phi) is 5.33. The van der Waals surface area contributed by atoms with Gasteiger partial charge in [-0.15, -0.1) is 0 Å². The van der Waals surface area contributed by atoms with Crippen LogP contribution in [0.2, 0.25) is 0 Å². The van der Waals surface area contributed by atoms with Gasteiger partial charge >= 0.3 is 0 Å². The number of aromatic nitrogens is 1. The van der Waals surface area contributed by atoms with Crippen molar-refractivity contribution in [2.24, 2.45) is 0 Å². The highest BCUT2D eigenvalue weighted by Gasteiger charge is 2.31. The van der Waals surface area contributed by atoms with Crippen molar-refractivity contribution in [3.63, 3.8) is 0 Å². The molecule has 0 aliphatic carbocycles. The number of nitrogens with zero attached hydrogens (tertiary/aromatic N) is 3. The minimum atomic E-state index is -3.67. The molecular weight excluding hydrogens is 354 g/mol. The highest BCUT2D eigenvalue weighted by Crippen LogP contribution is 2.31. The zero-order chi connectivity index (χ0) is 18.7. The fourth-order valence-electron chi connectivity index (χ4n) is 2.99. The van der Waals surface area contributed by atoms with Crippen molar-refractivity contribution < 1.29 is 17.9 Å². The number of sulfonamides is 1. The van der Waals surface area contributed by atoms with Gasteiger partial charge in [0.25, 0.3) is 0 Å². The van der Waals surface area contributed by atoms with Gasteiger partial charge in [-0.1, -0.05) is 6.07 Å². The third kappa shape index (κ3) is 3.61. The molecule has 8 heteroatoms. The van der Waals surface area contributed by atoms with Gasteiger partial charge in [0.1, 0.15) is 22.2 Å². The first kappa shape index (κ1) is 18.5. The maximum absolute atomic E-state index is 13.1. The molecule has 1 saturated heterocycles. The maximum Gasteiger partial charge on any atom is 0.247 e. The summed E-state index contributed by atoms with van der Waals surface area (Å²) in [7, 11) is -0.704. The van der Waals surface area contributed by atoms with Crippen molar-refractivity contribution in [3.8, 4) is 11.5 Å². The highest BCUT2D eigenvalue weighted by molar-refractivity contribution is 7.89. The summed E-state index contributed by atoms with van der Waals surface area (Å²) in [6, 6.07) is 10.6. The second-order valence-electron chi connectivity index (χ2n) is 6.05. The van der Waals surface area contributed by atoms with E-state index in [2.05, 4.69) is 9.88 Å². The first-order chi connectivity index (χ1) is 12.5. The van der Waals surface area contributed by atoms with Crippen molar-refractivity contribution in [1.29, 1.82) is 0 Å². The number of ether oxygens (including phenoxy) is 2. The first-order valence-electron chi connectivity index (χ1n) is 8.36. The van der Waals surface area contributed by atoms with E-state index in [0.29, 0.717) is 37.7 Å². The molecular formula is C18H23N3O4S. The second-order valence-corrected chi connectivity index (χ2v) is 7.95. The third-order valence-corrected chi connectivity index (χ3v) is 6.34. The van der Waals surface area contributed by atoms with Crippen molar-refractivity contribution in [3.05, 3.63) is 42.1 Å². The quantitative estimate of drug-likeness (QED) is 0.793. The first-order valence-corrected chi connectivity index (χ1v) is 9.80. The predicted molar refractivity (Wildman–Crippen MR) is 99.5 cm³/mol. The lowest BCUT2D eigenvalue weighted by atomic mass is 10.3. The molecule has 0 N–H and O–H groups in total. The lowest BCUT2D eigenvalue weighted by Gasteiger charge is -2.35. The number of aryl methyl sites for hydroxylation is 1. The van der Waals surface area contributed by atoms with Crippen LogP contribution >= 0.6 is 0 Å². The van der Waals surface area contributed by atoms with E-state index in [1.54, 1.807) is 12.1 Å². The van der Waals surface area contributed by atoms with Gasteiger partial charge in [-0.25, -0.2) is 13.4 Å². The molecule has 1 aromatic carbocycles. The fraction of sp³-hybridized carbons (Fsp3) is 0.389. The van der Waals surface area contributed by atoms with E-state index in [9.17, 15) is 8.42 Å². The summed E-state index contributed by atoms with van der Waals surface area (Å²) in [6.07, 6.45) is 0. The summed E-state index contributed by atoms with van der Waals surface area (Å²) in [5.74, 6) is 1.67. The molecule has 26 heavy (non-hydrogen) atoms. The third-order valence-electron chi connectivity index (χ3n) is 4.42. The van der Waals surface area contributed by atoms with Gasteiger partial charge in [0.05, 0.1) is 14.2 Å².